The fourth-order valence-corrected chi connectivity index (χ4v) is 5.74. The molecule has 61 heavy (non-hydrogen) atoms. The molecule has 0 aliphatic rings. The molecule has 0 aliphatic carbocycles. The van der Waals surface area contributed by atoms with Gasteiger partial charge < -0.3 is 31.9 Å². The maximum absolute atomic E-state index is 13.5. The van der Waals surface area contributed by atoms with Gasteiger partial charge in [0.25, 0.3) is 29.5 Å². The number of aryl methyl sites for hydroxylation is 1. The molecule has 0 fully saturated rings. The minimum atomic E-state index is -0.595. The second kappa shape index (κ2) is 20.7. The Hall–Kier alpha value is -8.64. The van der Waals surface area contributed by atoms with Crippen LogP contribution < -0.4 is 31.9 Å². The van der Waals surface area contributed by atoms with E-state index in [1.807, 2.05) is 30.3 Å². The highest BCUT2D eigenvalue weighted by Gasteiger charge is 2.18. The lowest BCUT2D eigenvalue weighted by Crippen LogP contribution is -2.19. The Labute approximate surface area is 355 Å². The molecule has 0 aliphatic heterocycles. The lowest BCUT2D eigenvalue weighted by Gasteiger charge is -2.13. The molecule has 0 atom stereocenters. The van der Waals surface area contributed by atoms with Crippen molar-refractivity contribution in [3.63, 3.8) is 0 Å². The first-order valence-electron chi connectivity index (χ1n) is 19.0. The van der Waals surface area contributed by atoms with Crippen LogP contribution >= 0.6 is 0 Å². The molecule has 0 aromatic heterocycles. The largest absolute Gasteiger partial charge is 0.329 e. The molecule has 0 spiro atoms. The van der Waals surface area contributed by atoms with Gasteiger partial charge in [-0.25, -0.2) is 0 Å². The van der Waals surface area contributed by atoms with Crippen LogP contribution in [0.15, 0.2) is 182 Å². The highest BCUT2D eigenvalue weighted by molar-refractivity contribution is 6.13. The van der Waals surface area contributed by atoms with Gasteiger partial charge >= 0.3 is 0 Å². The number of benzene rings is 7. The van der Waals surface area contributed by atoms with Crippen LogP contribution in [0.1, 0.15) is 60.2 Å². The summed E-state index contributed by atoms with van der Waals surface area (Å²) in [7, 11) is 0. The maximum atomic E-state index is 13.5. The van der Waals surface area contributed by atoms with Crippen LogP contribution in [0, 0.1) is 6.92 Å². The maximum Gasteiger partial charge on any atom is 0.255 e. The topological polar surface area (TPSA) is 175 Å². The molecule has 0 radical (unpaired) electrons. The summed E-state index contributed by atoms with van der Waals surface area (Å²) in [4.78, 5) is 76.3. The zero-order chi connectivity index (χ0) is 43.0. The molecule has 0 heterocycles. The van der Waals surface area contributed by atoms with Gasteiger partial charge in [-0.05, 0) is 122 Å². The van der Waals surface area contributed by atoms with Crippen LogP contribution in [0.4, 0.5) is 34.1 Å². The van der Waals surface area contributed by atoms with E-state index in [1.165, 1.54) is 23.8 Å². The first-order valence-corrected chi connectivity index (χ1v) is 19.0. The Morgan fingerprint density at radius 2 is 0.590 bits per heavy atom. The third-order valence-corrected chi connectivity index (χ3v) is 8.90. The molecule has 7 rings (SSSR count). The van der Waals surface area contributed by atoms with Crippen molar-refractivity contribution in [2.75, 3.05) is 31.9 Å². The zero-order valence-electron chi connectivity index (χ0n) is 32.8. The molecule has 0 saturated heterocycles. The van der Waals surface area contributed by atoms with Gasteiger partial charge in [-0.3, -0.25) is 28.8 Å². The van der Waals surface area contributed by atoms with Crippen molar-refractivity contribution in [1.82, 2.24) is 0 Å². The lowest BCUT2D eigenvalue weighted by molar-refractivity contribution is -0.105. The molecule has 0 bridgehead atoms. The smallest absolute Gasteiger partial charge is 0.255 e. The summed E-state index contributed by atoms with van der Waals surface area (Å²) in [5, 5.41) is 16.4. The van der Waals surface area contributed by atoms with Gasteiger partial charge in [0.15, 0.2) is 0 Å². The van der Waals surface area contributed by atoms with Crippen LogP contribution in [0.3, 0.4) is 0 Å². The summed E-state index contributed by atoms with van der Waals surface area (Å²) < 4.78 is 0. The Balaban J connectivity index is 0.000000882. The number of hydrogen-bond donors (Lipinski definition) is 6. The number of nitrogens with one attached hydrogen (secondary N) is 6. The number of hydrogen-bond acceptors (Lipinski definition) is 6. The van der Waals surface area contributed by atoms with Gasteiger partial charge in [0.2, 0.25) is 6.41 Å². The molecule has 7 aromatic carbocycles. The first kappa shape index (κ1) is 42.0. The monoisotopic (exact) mass is 812 g/mol. The molecule has 0 unspecified atom stereocenters. The van der Waals surface area contributed by atoms with E-state index < -0.39 is 17.7 Å². The average molecular weight is 813 g/mol. The summed E-state index contributed by atoms with van der Waals surface area (Å²) >= 11 is 0. The van der Waals surface area contributed by atoms with E-state index in [-0.39, 0.29) is 31.4 Å². The Bertz CT molecular complexity index is 2500. The number of amides is 6. The average Bonchev–Trinajstić information content (AvgIpc) is 3.29. The predicted molar refractivity (Wildman–Crippen MR) is 244 cm³/mol. The Morgan fingerprint density at radius 1 is 0.344 bits per heavy atom. The van der Waals surface area contributed by atoms with E-state index in [9.17, 15) is 28.8 Å². The van der Waals surface area contributed by atoms with Crippen molar-refractivity contribution in [2.24, 2.45) is 0 Å². The summed E-state index contributed by atoms with van der Waals surface area (Å²) in [5.41, 5.74) is 5.17. The number of carbonyl (C=O) groups excluding carboxylic acids is 6. The summed E-state index contributed by atoms with van der Waals surface area (Å²) in [6.07, 6.45) is 0.535. The van der Waals surface area contributed by atoms with Crippen molar-refractivity contribution in [1.29, 1.82) is 0 Å². The highest BCUT2D eigenvalue weighted by Crippen LogP contribution is 2.21. The van der Waals surface area contributed by atoms with Crippen LogP contribution in [-0.4, -0.2) is 35.9 Å². The van der Waals surface area contributed by atoms with Crippen LogP contribution in [-0.2, 0) is 4.79 Å². The quantitative estimate of drug-likeness (QED) is 0.0670. The van der Waals surface area contributed by atoms with Gasteiger partial charge in [0.05, 0.1) is 0 Å². The molecular weight excluding hydrogens is 769 g/mol. The van der Waals surface area contributed by atoms with E-state index in [1.54, 1.807) is 121 Å². The molecule has 6 N–H and O–H groups in total. The molecular formula is C49H44N6O6. The number of anilines is 6. The lowest BCUT2D eigenvalue weighted by atomic mass is 10.0. The molecule has 12 heteroatoms. The standard InChI is InChI=1S/C42H32N6O6.C7H8.2H2/c49-26-43-32-11-13-33(14-12-32)46-40(52)29-23-30(41(53)47-36-19-15-34(16-20-36)44-38(50)27-7-3-1-4-8-27)25-31(24-29)42(54)48-37-21-17-35(18-22-37)45-39(51)28-9-5-2-6-10-28;1-7-5-3-2-4-6-7;;/h1-26H,(H,43,49)(H,44,50)(H,45,51)(H,46,52)(H,47,53)(H,48,54);2-6H,1H3;2*1H. The van der Waals surface area contributed by atoms with E-state index in [0.29, 0.717) is 51.7 Å². The second-order valence-electron chi connectivity index (χ2n) is 13.5. The third kappa shape index (κ3) is 12.4. The van der Waals surface area contributed by atoms with Crippen molar-refractivity contribution in [3.05, 3.63) is 215 Å². The molecule has 6 amide bonds. The van der Waals surface area contributed by atoms with Crippen LogP contribution in [0.25, 0.3) is 0 Å². The van der Waals surface area contributed by atoms with Crippen LogP contribution in [0.2, 0.25) is 0 Å². The summed E-state index contributed by atoms with van der Waals surface area (Å²) in [5.74, 6) is -2.35. The molecule has 7 aromatic rings. The van der Waals surface area contributed by atoms with Crippen molar-refractivity contribution in [2.45, 2.75) is 6.92 Å². The van der Waals surface area contributed by atoms with Crippen molar-refractivity contribution >= 4 is 70.1 Å². The number of rotatable bonds is 12. The van der Waals surface area contributed by atoms with E-state index >= 15 is 0 Å². The fraction of sp³-hybridized carbons (Fsp3) is 0.0204. The van der Waals surface area contributed by atoms with Crippen molar-refractivity contribution in [3.8, 4) is 0 Å². The van der Waals surface area contributed by atoms with E-state index in [2.05, 4.69) is 51.0 Å². The van der Waals surface area contributed by atoms with Gasteiger partial charge in [-0.1, -0.05) is 72.3 Å². The van der Waals surface area contributed by atoms with E-state index in [4.69, 9.17) is 0 Å². The Morgan fingerprint density at radius 3 is 0.836 bits per heavy atom. The summed E-state index contributed by atoms with van der Waals surface area (Å²) in [6, 6.07) is 51.2. The van der Waals surface area contributed by atoms with E-state index in [0.717, 1.165) is 0 Å². The van der Waals surface area contributed by atoms with Gasteiger partial charge in [0.1, 0.15) is 0 Å². The second-order valence-corrected chi connectivity index (χ2v) is 13.5. The summed E-state index contributed by atoms with van der Waals surface area (Å²) in [6.45, 7) is 2.08. The predicted octanol–water partition coefficient (Wildman–Crippen LogP) is 10.0. The first-order chi connectivity index (χ1) is 29.6. The SMILES string of the molecule is Cc1ccccc1.O=CNc1ccc(NC(=O)c2cc(C(=O)Nc3ccc(NC(=O)c4ccccc4)cc3)cc(C(=O)Nc3ccc(NC(=O)c4ccccc4)cc3)c2)cc1.[HH].[HH]. The zero-order valence-corrected chi connectivity index (χ0v) is 32.8. The van der Waals surface area contributed by atoms with Gasteiger partial charge in [-0.2, -0.15) is 0 Å². The normalized spacial score (nSPS) is 10.1. The highest BCUT2D eigenvalue weighted by atomic mass is 16.2. The third-order valence-electron chi connectivity index (χ3n) is 8.90. The minimum absolute atomic E-state index is 0. The Kier molecular flexibility index (Phi) is 14.2. The minimum Gasteiger partial charge on any atom is -0.329 e. The van der Waals surface area contributed by atoms with Crippen molar-refractivity contribution < 1.29 is 31.6 Å². The number of carbonyl (C=O) groups is 6. The molecule has 12 nitrogen and oxygen atoms in total. The molecule has 306 valence electrons. The fourth-order valence-electron chi connectivity index (χ4n) is 5.74. The molecule has 0 saturated carbocycles. The van der Waals surface area contributed by atoms with Gasteiger partial charge in [0, 0.05) is 64.8 Å². The van der Waals surface area contributed by atoms with Gasteiger partial charge in [-0.15, -0.1) is 0 Å². The van der Waals surface area contributed by atoms with Crippen LogP contribution in [0.5, 0.6) is 0 Å².